The lowest BCUT2D eigenvalue weighted by molar-refractivity contribution is -0.190. The topological polar surface area (TPSA) is 38.7 Å². The van der Waals surface area contributed by atoms with E-state index >= 15 is 0 Å². The standard InChI is InChI=1S/C16H30O3/c1-2-3-4-5-6-7-8-9-10-14-11-13-12-15(17)19-16(13)18-14/h13-17H,2-12H2,1H3/t13-,14-,15+,16+/m0/s1. The van der Waals surface area contributed by atoms with Crippen LogP contribution in [0.3, 0.4) is 0 Å². The summed E-state index contributed by atoms with van der Waals surface area (Å²) in [6.45, 7) is 2.26. The van der Waals surface area contributed by atoms with Crippen LogP contribution in [-0.2, 0) is 9.47 Å². The Bertz CT molecular complexity index is 230. The molecule has 0 aromatic carbocycles. The highest BCUT2D eigenvalue weighted by Crippen LogP contribution is 2.38. The molecule has 0 unspecified atom stereocenters. The molecule has 3 heteroatoms. The van der Waals surface area contributed by atoms with Gasteiger partial charge in [0.05, 0.1) is 6.10 Å². The maximum Gasteiger partial charge on any atom is 0.164 e. The maximum atomic E-state index is 9.35. The van der Waals surface area contributed by atoms with Crippen LogP contribution in [0.5, 0.6) is 0 Å². The Balaban J connectivity index is 1.43. The van der Waals surface area contributed by atoms with Crippen LogP contribution in [0.2, 0.25) is 0 Å². The molecule has 3 nitrogen and oxygen atoms in total. The minimum Gasteiger partial charge on any atom is -0.368 e. The van der Waals surface area contributed by atoms with Gasteiger partial charge in [-0.05, 0) is 12.8 Å². The Morgan fingerprint density at radius 1 is 0.895 bits per heavy atom. The maximum absolute atomic E-state index is 9.35. The van der Waals surface area contributed by atoms with Crippen LogP contribution in [0.25, 0.3) is 0 Å². The Labute approximate surface area is 117 Å². The molecule has 2 aliphatic rings. The molecule has 19 heavy (non-hydrogen) atoms. The molecule has 0 spiro atoms. The van der Waals surface area contributed by atoms with Crippen molar-refractivity contribution in [3.8, 4) is 0 Å². The summed E-state index contributed by atoms with van der Waals surface area (Å²) in [6, 6.07) is 0. The normalized spacial score (nSPS) is 33.8. The zero-order valence-corrected chi connectivity index (χ0v) is 12.4. The number of ether oxygens (including phenoxy) is 2. The number of fused-ring (bicyclic) bond motifs is 1. The third-order valence-electron chi connectivity index (χ3n) is 4.45. The van der Waals surface area contributed by atoms with E-state index in [1.54, 1.807) is 0 Å². The van der Waals surface area contributed by atoms with Crippen molar-refractivity contribution in [1.82, 2.24) is 0 Å². The first-order valence-electron chi connectivity index (χ1n) is 8.28. The summed E-state index contributed by atoms with van der Waals surface area (Å²) in [6.07, 6.45) is 13.6. The summed E-state index contributed by atoms with van der Waals surface area (Å²) in [4.78, 5) is 0. The van der Waals surface area contributed by atoms with Gasteiger partial charge in [-0.3, -0.25) is 0 Å². The number of hydrogen-bond acceptors (Lipinski definition) is 3. The fourth-order valence-corrected chi connectivity index (χ4v) is 3.32. The van der Waals surface area contributed by atoms with Gasteiger partial charge in [-0.1, -0.05) is 58.3 Å². The highest BCUT2D eigenvalue weighted by Gasteiger charge is 2.42. The van der Waals surface area contributed by atoms with Gasteiger partial charge in [0, 0.05) is 12.3 Å². The third-order valence-corrected chi connectivity index (χ3v) is 4.45. The zero-order chi connectivity index (χ0) is 13.5. The summed E-state index contributed by atoms with van der Waals surface area (Å²) >= 11 is 0. The van der Waals surface area contributed by atoms with E-state index in [1.165, 1.54) is 57.8 Å². The molecule has 0 saturated carbocycles. The van der Waals surface area contributed by atoms with Gasteiger partial charge in [0.25, 0.3) is 0 Å². The highest BCUT2D eigenvalue weighted by molar-refractivity contribution is 4.82. The fraction of sp³-hybridized carbons (Fsp3) is 1.00. The summed E-state index contributed by atoms with van der Waals surface area (Å²) in [7, 11) is 0. The largest absolute Gasteiger partial charge is 0.368 e. The van der Waals surface area contributed by atoms with Gasteiger partial charge in [-0.25, -0.2) is 0 Å². The number of rotatable bonds is 9. The first-order chi connectivity index (χ1) is 9.29. The zero-order valence-electron chi connectivity index (χ0n) is 12.4. The number of unbranched alkanes of at least 4 members (excludes halogenated alkanes) is 7. The molecule has 0 aromatic heterocycles. The van der Waals surface area contributed by atoms with Gasteiger partial charge in [0.1, 0.15) is 0 Å². The predicted octanol–water partition coefficient (Wildman–Crippen LogP) is 3.99. The minimum absolute atomic E-state index is 0.117. The average molecular weight is 270 g/mol. The second-order valence-electron chi connectivity index (χ2n) is 6.21. The number of aliphatic hydroxyl groups excluding tert-OH is 1. The summed E-state index contributed by atoms with van der Waals surface area (Å²) in [5, 5.41) is 9.35. The molecule has 0 radical (unpaired) electrons. The van der Waals surface area contributed by atoms with E-state index in [0.717, 1.165) is 12.8 Å². The molecule has 4 atom stereocenters. The third kappa shape index (κ3) is 5.05. The van der Waals surface area contributed by atoms with Crippen molar-refractivity contribution < 1.29 is 14.6 Å². The molecular formula is C16H30O3. The van der Waals surface area contributed by atoms with E-state index in [9.17, 15) is 5.11 Å². The van der Waals surface area contributed by atoms with E-state index in [0.29, 0.717) is 12.0 Å². The Morgan fingerprint density at radius 2 is 1.58 bits per heavy atom. The Kier molecular flexibility index (Phi) is 6.62. The van der Waals surface area contributed by atoms with Gasteiger partial charge in [0.2, 0.25) is 0 Å². The predicted molar refractivity (Wildman–Crippen MR) is 75.7 cm³/mol. The van der Waals surface area contributed by atoms with Crippen LogP contribution in [0.15, 0.2) is 0 Å². The van der Waals surface area contributed by atoms with Crippen molar-refractivity contribution in [3.05, 3.63) is 0 Å². The van der Waals surface area contributed by atoms with E-state index in [4.69, 9.17) is 9.47 Å². The van der Waals surface area contributed by atoms with E-state index < -0.39 is 6.29 Å². The van der Waals surface area contributed by atoms with Crippen molar-refractivity contribution in [2.45, 2.75) is 96.2 Å². The molecular weight excluding hydrogens is 240 g/mol. The van der Waals surface area contributed by atoms with Crippen molar-refractivity contribution in [3.63, 3.8) is 0 Å². The van der Waals surface area contributed by atoms with Crippen LogP contribution in [0.4, 0.5) is 0 Å². The lowest BCUT2D eigenvalue weighted by Crippen LogP contribution is -2.16. The fourth-order valence-electron chi connectivity index (χ4n) is 3.32. The van der Waals surface area contributed by atoms with Gasteiger partial charge in [-0.2, -0.15) is 0 Å². The van der Waals surface area contributed by atoms with Crippen LogP contribution in [-0.4, -0.2) is 23.8 Å². The number of hydrogen-bond donors (Lipinski definition) is 1. The molecule has 112 valence electrons. The van der Waals surface area contributed by atoms with Gasteiger partial charge in [-0.15, -0.1) is 0 Å². The SMILES string of the molecule is CCCCCCCCCC[C@H]1C[C@H]2C[C@H](O)O[C@H]2O1. The van der Waals surface area contributed by atoms with Crippen molar-refractivity contribution in [1.29, 1.82) is 0 Å². The summed E-state index contributed by atoms with van der Waals surface area (Å²) < 4.78 is 11.2. The number of aliphatic hydroxyl groups is 1. The van der Waals surface area contributed by atoms with Crippen LogP contribution < -0.4 is 0 Å². The summed E-state index contributed by atoms with van der Waals surface area (Å²) in [5.41, 5.74) is 0. The smallest absolute Gasteiger partial charge is 0.164 e. The highest BCUT2D eigenvalue weighted by atomic mass is 16.7. The molecule has 0 aliphatic carbocycles. The van der Waals surface area contributed by atoms with Gasteiger partial charge >= 0.3 is 0 Å². The molecule has 0 bridgehead atoms. The van der Waals surface area contributed by atoms with Crippen molar-refractivity contribution in [2.75, 3.05) is 0 Å². The first-order valence-corrected chi connectivity index (χ1v) is 8.28. The quantitative estimate of drug-likeness (QED) is 0.644. The first kappa shape index (κ1) is 15.3. The van der Waals surface area contributed by atoms with Crippen LogP contribution >= 0.6 is 0 Å². The van der Waals surface area contributed by atoms with Gasteiger partial charge < -0.3 is 14.6 Å². The van der Waals surface area contributed by atoms with Crippen molar-refractivity contribution in [2.24, 2.45) is 5.92 Å². The average Bonchev–Trinajstić information content (AvgIpc) is 2.89. The van der Waals surface area contributed by atoms with Crippen molar-refractivity contribution >= 4 is 0 Å². The van der Waals surface area contributed by atoms with Crippen LogP contribution in [0.1, 0.15) is 77.6 Å². The van der Waals surface area contributed by atoms with E-state index in [-0.39, 0.29) is 6.29 Å². The molecule has 0 amide bonds. The molecule has 0 aromatic rings. The van der Waals surface area contributed by atoms with Crippen LogP contribution in [0, 0.1) is 5.92 Å². The second kappa shape index (κ2) is 8.23. The molecule has 2 fully saturated rings. The molecule has 2 saturated heterocycles. The monoisotopic (exact) mass is 270 g/mol. The molecule has 2 aliphatic heterocycles. The van der Waals surface area contributed by atoms with Gasteiger partial charge in [0.15, 0.2) is 12.6 Å². The lowest BCUT2D eigenvalue weighted by Gasteiger charge is -2.13. The molecule has 1 N–H and O–H groups in total. The Hall–Kier alpha value is -0.120. The van der Waals surface area contributed by atoms with E-state index in [2.05, 4.69) is 6.92 Å². The Morgan fingerprint density at radius 3 is 2.26 bits per heavy atom. The second-order valence-corrected chi connectivity index (χ2v) is 6.21. The minimum atomic E-state index is -0.584. The molecule has 2 heterocycles. The van der Waals surface area contributed by atoms with E-state index in [1.807, 2.05) is 0 Å². The molecule has 2 rings (SSSR count). The summed E-state index contributed by atoms with van der Waals surface area (Å²) in [5.74, 6) is 0.439. The lowest BCUT2D eigenvalue weighted by atomic mass is 9.99.